The number of carbonyl (C=O) groups excluding carboxylic acids is 1. The van der Waals surface area contributed by atoms with Crippen LogP contribution in [-0.2, 0) is 17.6 Å². The molecule has 1 saturated heterocycles. The second-order valence-electron chi connectivity index (χ2n) is 8.00. The molecular formula is C20H28N4O2S. The molecule has 0 spiro atoms. The summed E-state index contributed by atoms with van der Waals surface area (Å²) in [5.41, 5.74) is 1.22. The van der Waals surface area contributed by atoms with Crippen LogP contribution >= 0.6 is 11.3 Å². The number of hydrogen-bond donors (Lipinski definition) is 2. The lowest BCUT2D eigenvalue weighted by Gasteiger charge is -2.17. The van der Waals surface area contributed by atoms with Crippen molar-refractivity contribution in [2.45, 2.75) is 58.4 Å². The molecule has 7 heteroatoms. The van der Waals surface area contributed by atoms with Crippen molar-refractivity contribution in [2.75, 3.05) is 19.6 Å². The number of amides is 1. The van der Waals surface area contributed by atoms with Gasteiger partial charge in [-0.15, -0.1) is 11.3 Å². The molecule has 2 N–H and O–H groups in total. The monoisotopic (exact) mass is 388 g/mol. The zero-order valence-electron chi connectivity index (χ0n) is 16.1. The Balaban J connectivity index is 1.42. The number of nitrogens with one attached hydrogen (secondary N) is 2. The summed E-state index contributed by atoms with van der Waals surface area (Å²) in [7, 11) is 0. The van der Waals surface area contributed by atoms with Gasteiger partial charge in [-0.1, -0.05) is 6.92 Å². The fraction of sp³-hybridized carbons (Fsp3) is 0.650. The summed E-state index contributed by atoms with van der Waals surface area (Å²) in [5, 5.41) is 4.24. The first-order valence-electron chi connectivity index (χ1n) is 10.1. The van der Waals surface area contributed by atoms with Crippen LogP contribution in [0, 0.1) is 5.92 Å². The largest absolute Gasteiger partial charge is 0.343 e. The third-order valence-electron chi connectivity index (χ3n) is 5.82. The number of aromatic nitrogens is 2. The van der Waals surface area contributed by atoms with Gasteiger partial charge in [0, 0.05) is 24.4 Å². The van der Waals surface area contributed by atoms with E-state index in [0.717, 1.165) is 62.0 Å². The van der Waals surface area contributed by atoms with Crippen molar-refractivity contribution in [1.29, 1.82) is 0 Å². The molecule has 0 unspecified atom stereocenters. The number of hydrogen-bond acceptors (Lipinski definition) is 5. The average Bonchev–Trinajstić information content (AvgIpc) is 3.21. The van der Waals surface area contributed by atoms with Crippen LogP contribution in [0.2, 0.25) is 0 Å². The van der Waals surface area contributed by atoms with Crippen molar-refractivity contribution in [1.82, 2.24) is 20.2 Å². The maximum Gasteiger partial charge on any atom is 0.259 e. The van der Waals surface area contributed by atoms with Gasteiger partial charge in [-0.2, -0.15) is 0 Å². The van der Waals surface area contributed by atoms with Gasteiger partial charge in [-0.3, -0.25) is 9.59 Å². The number of aryl methyl sites for hydroxylation is 1. The van der Waals surface area contributed by atoms with Gasteiger partial charge in [-0.25, -0.2) is 4.98 Å². The molecule has 0 bridgehead atoms. The lowest BCUT2D eigenvalue weighted by atomic mass is 9.89. The van der Waals surface area contributed by atoms with E-state index < -0.39 is 0 Å². The van der Waals surface area contributed by atoms with Gasteiger partial charge in [0.1, 0.15) is 10.7 Å². The average molecular weight is 389 g/mol. The summed E-state index contributed by atoms with van der Waals surface area (Å²) in [6.07, 6.45) is 5.79. The lowest BCUT2D eigenvalue weighted by Crippen LogP contribution is -2.30. The first kappa shape index (κ1) is 18.6. The van der Waals surface area contributed by atoms with E-state index in [2.05, 4.69) is 17.2 Å². The van der Waals surface area contributed by atoms with Crippen molar-refractivity contribution >= 4 is 27.5 Å². The molecule has 0 saturated carbocycles. The van der Waals surface area contributed by atoms with E-state index in [4.69, 9.17) is 4.98 Å². The summed E-state index contributed by atoms with van der Waals surface area (Å²) >= 11 is 1.69. The predicted octanol–water partition coefficient (Wildman–Crippen LogP) is 2.77. The molecule has 1 amide bonds. The second-order valence-corrected chi connectivity index (χ2v) is 9.08. The van der Waals surface area contributed by atoms with E-state index in [0.29, 0.717) is 18.2 Å². The molecule has 4 rings (SSSR count). The van der Waals surface area contributed by atoms with Crippen LogP contribution < -0.4 is 10.9 Å². The van der Waals surface area contributed by atoms with Crippen LogP contribution in [0.15, 0.2) is 4.79 Å². The highest BCUT2D eigenvalue weighted by molar-refractivity contribution is 7.18. The minimum Gasteiger partial charge on any atom is -0.343 e. The molecule has 2 atom stereocenters. The Kier molecular flexibility index (Phi) is 5.32. The predicted molar refractivity (Wildman–Crippen MR) is 108 cm³/mol. The molecule has 1 fully saturated rings. The van der Waals surface area contributed by atoms with Crippen molar-refractivity contribution in [3.8, 4) is 0 Å². The van der Waals surface area contributed by atoms with Crippen LogP contribution in [-0.4, -0.2) is 40.4 Å². The molecule has 2 aliphatic rings. The number of fused-ring (bicyclic) bond motifs is 3. The van der Waals surface area contributed by atoms with Gasteiger partial charge in [0.25, 0.3) is 5.56 Å². The van der Waals surface area contributed by atoms with E-state index in [1.54, 1.807) is 11.3 Å². The fourth-order valence-corrected chi connectivity index (χ4v) is 5.59. The van der Waals surface area contributed by atoms with Gasteiger partial charge < -0.3 is 15.2 Å². The number of thiophene rings is 1. The molecule has 2 aromatic heterocycles. The Morgan fingerprint density at radius 1 is 1.37 bits per heavy atom. The van der Waals surface area contributed by atoms with Gasteiger partial charge in [-0.05, 0) is 57.1 Å². The number of likely N-dealkylation sites (tertiary alicyclic amines) is 1. The number of aromatic amines is 1. The van der Waals surface area contributed by atoms with Crippen molar-refractivity contribution < 1.29 is 4.79 Å². The molecular weight excluding hydrogens is 360 g/mol. The topological polar surface area (TPSA) is 78.1 Å². The molecule has 2 aromatic rings. The first-order valence-corrected chi connectivity index (χ1v) is 10.9. The highest BCUT2D eigenvalue weighted by atomic mass is 32.1. The Morgan fingerprint density at radius 2 is 2.22 bits per heavy atom. The second kappa shape index (κ2) is 7.72. The lowest BCUT2D eigenvalue weighted by molar-refractivity contribution is -0.127. The van der Waals surface area contributed by atoms with Crippen LogP contribution in [0.1, 0.15) is 61.8 Å². The maximum atomic E-state index is 12.7. The Hall–Kier alpha value is -1.73. The Labute approximate surface area is 163 Å². The fourth-order valence-electron chi connectivity index (χ4n) is 4.20. The molecule has 1 aliphatic carbocycles. The minimum atomic E-state index is -0.0190. The third kappa shape index (κ3) is 3.80. The van der Waals surface area contributed by atoms with Crippen molar-refractivity contribution in [3.05, 3.63) is 26.6 Å². The smallest absolute Gasteiger partial charge is 0.259 e. The number of carbonyl (C=O) groups is 1. The minimum absolute atomic E-state index is 0.00151. The zero-order chi connectivity index (χ0) is 19.0. The summed E-state index contributed by atoms with van der Waals surface area (Å²) < 4.78 is 0. The van der Waals surface area contributed by atoms with Gasteiger partial charge in [0.15, 0.2) is 0 Å². The molecule has 27 heavy (non-hydrogen) atoms. The van der Waals surface area contributed by atoms with Gasteiger partial charge in [0.2, 0.25) is 5.91 Å². The number of H-pyrrole nitrogens is 1. The first-order chi connectivity index (χ1) is 13.0. The molecule has 146 valence electrons. The van der Waals surface area contributed by atoms with Crippen LogP contribution in [0.25, 0.3) is 10.2 Å². The molecule has 0 aromatic carbocycles. The number of nitrogens with zero attached hydrogens (tertiary/aromatic N) is 2. The normalized spacial score (nSPS) is 21.0. The summed E-state index contributed by atoms with van der Waals surface area (Å²) in [6, 6.07) is -0.0190. The van der Waals surface area contributed by atoms with Gasteiger partial charge in [0.05, 0.1) is 11.4 Å². The maximum absolute atomic E-state index is 12.7. The Morgan fingerprint density at radius 3 is 3.00 bits per heavy atom. The van der Waals surface area contributed by atoms with E-state index in [1.165, 1.54) is 10.4 Å². The van der Waals surface area contributed by atoms with Crippen molar-refractivity contribution in [3.63, 3.8) is 0 Å². The molecule has 0 radical (unpaired) electrons. The highest BCUT2D eigenvalue weighted by Gasteiger charge is 2.24. The standard InChI is InChI=1S/C20H28N4O2S/c1-12-6-7-14-15(11-12)27-20-17(14)19(26)22-18(23-20)13(2)21-8-4-10-24-9-3-5-16(24)25/h12-13,21H,3-11H2,1-2H3,(H,22,23,26)/t12-,13-/m0/s1. The SMILES string of the molecule is C[C@H]1CCc2c(sc3nc([C@H](C)NCCCN4CCCC4=O)[nH]c(=O)c23)C1. The van der Waals surface area contributed by atoms with E-state index in [-0.39, 0.29) is 17.5 Å². The molecule has 1 aliphatic heterocycles. The van der Waals surface area contributed by atoms with Crippen molar-refractivity contribution in [2.24, 2.45) is 5.92 Å². The Bertz CT molecular complexity index is 903. The zero-order valence-corrected chi connectivity index (χ0v) is 17.0. The van der Waals surface area contributed by atoms with E-state index >= 15 is 0 Å². The van der Waals surface area contributed by atoms with E-state index in [1.807, 2.05) is 11.8 Å². The summed E-state index contributed by atoms with van der Waals surface area (Å²) in [6.45, 7) is 6.79. The highest BCUT2D eigenvalue weighted by Crippen LogP contribution is 2.35. The van der Waals surface area contributed by atoms with Crippen LogP contribution in [0.3, 0.4) is 0 Å². The molecule has 3 heterocycles. The van der Waals surface area contributed by atoms with Gasteiger partial charge >= 0.3 is 0 Å². The number of rotatable bonds is 6. The van der Waals surface area contributed by atoms with Crippen LogP contribution in [0.4, 0.5) is 0 Å². The van der Waals surface area contributed by atoms with E-state index in [9.17, 15) is 9.59 Å². The molecule has 6 nitrogen and oxygen atoms in total. The third-order valence-corrected chi connectivity index (χ3v) is 6.97. The quantitative estimate of drug-likeness (QED) is 0.746. The van der Waals surface area contributed by atoms with Crippen LogP contribution in [0.5, 0.6) is 0 Å². The summed E-state index contributed by atoms with van der Waals surface area (Å²) in [5.74, 6) is 1.67. The summed E-state index contributed by atoms with van der Waals surface area (Å²) in [4.78, 5) is 36.3.